The van der Waals surface area contributed by atoms with Crippen molar-refractivity contribution < 1.29 is 0 Å². The third kappa shape index (κ3) is 4.27. The fourth-order valence-corrected chi connectivity index (χ4v) is 2.91. The van der Waals surface area contributed by atoms with E-state index in [-0.39, 0.29) is 0 Å². The molecule has 0 N–H and O–H groups in total. The maximum Gasteiger partial charge on any atom is 0.0424 e. The van der Waals surface area contributed by atoms with Crippen LogP contribution < -0.4 is 0 Å². The fourth-order valence-electron chi connectivity index (χ4n) is 2.91. The van der Waals surface area contributed by atoms with E-state index in [1.54, 1.807) is 0 Å². The monoisotopic (exact) mass is 312 g/mol. The largest absolute Gasteiger partial charge is 0.0900 e. The molecule has 0 saturated carbocycles. The van der Waals surface area contributed by atoms with E-state index in [1.807, 2.05) is 0 Å². The van der Waals surface area contributed by atoms with Gasteiger partial charge in [0.25, 0.3) is 0 Å². The molecule has 0 saturated heterocycles. The number of rotatable bonds is 3. The van der Waals surface area contributed by atoms with Gasteiger partial charge in [-0.25, -0.2) is 0 Å². The first kappa shape index (κ1) is 16.3. The average Bonchev–Trinajstić information content (AvgIpc) is 2.63. The minimum Gasteiger partial charge on any atom is -0.0900 e. The molecular weight excluding hydrogens is 288 g/mol. The predicted molar refractivity (Wildman–Crippen MR) is 104 cm³/mol. The Morgan fingerprint density at radius 1 is 1.00 bits per heavy atom. The van der Waals surface area contributed by atoms with Gasteiger partial charge in [0.1, 0.15) is 0 Å². The second-order valence-corrected chi connectivity index (χ2v) is 6.44. The van der Waals surface area contributed by atoms with Crippen LogP contribution in [0.2, 0.25) is 0 Å². The standard InChI is InChI=1S/C24H24/c1-3-4-20-11-15-23(16-12-20)24-17-13-22(14-18-24)10-9-21-7-5-19(2)6-8-21/h5-8,11-13,15-18,22H,3-4,14H2,1-2H3. The Kier molecular flexibility index (Phi) is 5.34. The zero-order valence-electron chi connectivity index (χ0n) is 14.5. The molecule has 0 radical (unpaired) electrons. The first-order chi connectivity index (χ1) is 11.7. The molecule has 0 aliphatic heterocycles. The van der Waals surface area contributed by atoms with E-state index in [0.717, 1.165) is 18.4 Å². The Morgan fingerprint density at radius 3 is 2.38 bits per heavy atom. The lowest BCUT2D eigenvalue weighted by molar-refractivity contribution is 0.855. The molecule has 3 rings (SSSR count). The lowest BCUT2D eigenvalue weighted by Gasteiger charge is -2.12. The van der Waals surface area contributed by atoms with E-state index in [2.05, 4.69) is 92.4 Å². The van der Waals surface area contributed by atoms with Gasteiger partial charge in [-0.3, -0.25) is 0 Å². The molecule has 1 atom stereocenters. The van der Waals surface area contributed by atoms with E-state index in [9.17, 15) is 0 Å². The highest BCUT2D eigenvalue weighted by atomic mass is 14.1. The second kappa shape index (κ2) is 7.84. The molecule has 2 aromatic rings. The van der Waals surface area contributed by atoms with E-state index in [4.69, 9.17) is 0 Å². The van der Waals surface area contributed by atoms with Crippen molar-refractivity contribution in [1.82, 2.24) is 0 Å². The van der Waals surface area contributed by atoms with Crippen LogP contribution in [-0.2, 0) is 6.42 Å². The molecule has 2 aromatic carbocycles. The lowest BCUT2D eigenvalue weighted by atomic mass is 9.92. The van der Waals surface area contributed by atoms with E-state index < -0.39 is 0 Å². The minimum atomic E-state index is 0.314. The van der Waals surface area contributed by atoms with Crippen LogP contribution in [0.15, 0.2) is 66.8 Å². The van der Waals surface area contributed by atoms with Crippen molar-refractivity contribution in [2.24, 2.45) is 5.92 Å². The van der Waals surface area contributed by atoms with Crippen LogP contribution in [-0.4, -0.2) is 0 Å². The average molecular weight is 312 g/mol. The van der Waals surface area contributed by atoms with Gasteiger partial charge in [0.15, 0.2) is 0 Å². The SMILES string of the molecule is CCCc1ccc(C2=CCC(C#Cc3ccc(C)cc3)C=C2)cc1. The molecule has 1 aliphatic carbocycles. The summed E-state index contributed by atoms with van der Waals surface area (Å²) >= 11 is 0. The van der Waals surface area contributed by atoms with Crippen LogP contribution in [0.5, 0.6) is 0 Å². The molecule has 0 heteroatoms. The molecular formula is C24H24. The van der Waals surface area contributed by atoms with Crippen molar-refractivity contribution in [3.05, 3.63) is 89.0 Å². The summed E-state index contributed by atoms with van der Waals surface area (Å²) < 4.78 is 0. The topological polar surface area (TPSA) is 0 Å². The summed E-state index contributed by atoms with van der Waals surface area (Å²) in [4.78, 5) is 0. The first-order valence-corrected chi connectivity index (χ1v) is 8.80. The number of hydrogen-bond donors (Lipinski definition) is 0. The van der Waals surface area contributed by atoms with Gasteiger partial charge < -0.3 is 0 Å². The van der Waals surface area contributed by atoms with Gasteiger partial charge in [0.2, 0.25) is 0 Å². The van der Waals surface area contributed by atoms with Crippen molar-refractivity contribution in [3.63, 3.8) is 0 Å². The molecule has 0 spiro atoms. The van der Waals surface area contributed by atoms with Gasteiger partial charge in [-0.1, -0.05) is 85.4 Å². The number of aryl methyl sites for hydroxylation is 2. The molecule has 1 aliphatic rings. The van der Waals surface area contributed by atoms with Crippen LogP contribution in [0, 0.1) is 24.7 Å². The van der Waals surface area contributed by atoms with Crippen molar-refractivity contribution in [2.45, 2.75) is 33.1 Å². The molecule has 0 aromatic heterocycles. The van der Waals surface area contributed by atoms with Gasteiger partial charge in [-0.15, -0.1) is 0 Å². The quantitative estimate of drug-likeness (QED) is 0.613. The van der Waals surface area contributed by atoms with Crippen LogP contribution in [0.25, 0.3) is 5.57 Å². The van der Waals surface area contributed by atoms with Crippen LogP contribution in [0.4, 0.5) is 0 Å². The second-order valence-electron chi connectivity index (χ2n) is 6.44. The summed E-state index contributed by atoms with van der Waals surface area (Å²) in [5.41, 5.74) is 6.40. The Hall–Kier alpha value is -2.52. The first-order valence-electron chi connectivity index (χ1n) is 8.80. The van der Waals surface area contributed by atoms with E-state index in [0.29, 0.717) is 5.92 Å². The minimum absolute atomic E-state index is 0.314. The smallest absolute Gasteiger partial charge is 0.0424 e. The highest BCUT2D eigenvalue weighted by molar-refractivity contribution is 5.75. The van der Waals surface area contributed by atoms with Gasteiger partial charge in [0.05, 0.1) is 0 Å². The Labute approximate surface area is 145 Å². The number of hydrogen-bond acceptors (Lipinski definition) is 0. The van der Waals surface area contributed by atoms with E-state index >= 15 is 0 Å². The normalized spacial score (nSPS) is 16.2. The highest BCUT2D eigenvalue weighted by Gasteiger charge is 2.07. The summed E-state index contributed by atoms with van der Waals surface area (Å²) in [6.45, 7) is 4.32. The molecule has 0 fully saturated rings. The van der Waals surface area contributed by atoms with Crippen LogP contribution in [0.3, 0.4) is 0 Å². The molecule has 0 nitrogen and oxygen atoms in total. The maximum absolute atomic E-state index is 3.37. The Bertz CT molecular complexity index is 790. The predicted octanol–water partition coefficient (Wildman–Crippen LogP) is 5.96. The van der Waals surface area contributed by atoms with Crippen molar-refractivity contribution in [1.29, 1.82) is 0 Å². The van der Waals surface area contributed by atoms with Gasteiger partial charge in [-0.05, 0) is 48.6 Å². The van der Waals surface area contributed by atoms with Crippen molar-refractivity contribution in [2.75, 3.05) is 0 Å². The maximum atomic E-state index is 3.37. The summed E-state index contributed by atoms with van der Waals surface area (Å²) in [7, 11) is 0. The van der Waals surface area contributed by atoms with E-state index in [1.165, 1.54) is 28.7 Å². The van der Waals surface area contributed by atoms with Gasteiger partial charge in [0, 0.05) is 11.5 Å². The highest BCUT2D eigenvalue weighted by Crippen LogP contribution is 2.24. The molecule has 120 valence electrons. The van der Waals surface area contributed by atoms with Crippen LogP contribution >= 0.6 is 0 Å². The third-order valence-corrected chi connectivity index (χ3v) is 4.38. The molecule has 24 heavy (non-hydrogen) atoms. The molecule has 0 bridgehead atoms. The molecule has 0 heterocycles. The zero-order valence-corrected chi connectivity index (χ0v) is 14.5. The summed E-state index contributed by atoms with van der Waals surface area (Å²) in [6, 6.07) is 17.4. The number of allylic oxidation sites excluding steroid dienone is 4. The zero-order chi connectivity index (χ0) is 16.8. The third-order valence-electron chi connectivity index (χ3n) is 4.38. The van der Waals surface area contributed by atoms with Crippen molar-refractivity contribution in [3.8, 4) is 11.8 Å². The Balaban J connectivity index is 1.64. The lowest BCUT2D eigenvalue weighted by Crippen LogP contribution is -1.97. The molecule has 1 unspecified atom stereocenters. The summed E-state index contributed by atoms with van der Waals surface area (Å²) in [5, 5.41) is 0. The summed E-state index contributed by atoms with van der Waals surface area (Å²) in [5.74, 6) is 6.98. The summed E-state index contributed by atoms with van der Waals surface area (Å²) in [6.07, 6.45) is 10.1. The van der Waals surface area contributed by atoms with Gasteiger partial charge >= 0.3 is 0 Å². The molecule has 0 amide bonds. The Morgan fingerprint density at radius 2 is 1.75 bits per heavy atom. The van der Waals surface area contributed by atoms with Crippen LogP contribution in [0.1, 0.15) is 42.0 Å². The number of benzene rings is 2. The fraction of sp³-hybridized carbons (Fsp3) is 0.250. The van der Waals surface area contributed by atoms with Gasteiger partial charge in [-0.2, -0.15) is 0 Å². The van der Waals surface area contributed by atoms with Crippen molar-refractivity contribution >= 4 is 5.57 Å².